The van der Waals surface area contributed by atoms with Gasteiger partial charge in [-0.2, -0.15) is 0 Å². The second-order valence-corrected chi connectivity index (χ2v) is 15.2. The highest BCUT2D eigenvalue weighted by Crippen LogP contribution is 2.66. The zero-order valence-corrected chi connectivity index (χ0v) is 27.7. The van der Waals surface area contributed by atoms with Gasteiger partial charge in [0.25, 0.3) is 0 Å². The van der Waals surface area contributed by atoms with Crippen molar-refractivity contribution in [2.75, 3.05) is 0 Å². The molecule has 4 aliphatic carbocycles. The maximum absolute atomic E-state index is 12.2. The summed E-state index contributed by atoms with van der Waals surface area (Å²) in [6.45, 7) is 13.7. The van der Waals surface area contributed by atoms with E-state index in [9.17, 15) is 29.4 Å². The topological polar surface area (TPSA) is 148 Å². The molecule has 0 bridgehead atoms. The molecule has 10 nitrogen and oxygen atoms in total. The van der Waals surface area contributed by atoms with Crippen molar-refractivity contribution in [1.82, 2.24) is 5.32 Å². The van der Waals surface area contributed by atoms with Gasteiger partial charge in [-0.25, -0.2) is 0 Å². The van der Waals surface area contributed by atoms with Gasteiger partial charge in [-0.15, -0.1) is 0 Å². The van der Waals surface area contributed by atoms with E-state index in [4.69, 9.17) is 14.2 Å². The van der Waals surface area contributed by atoms with Gasteiger partial charge in [0, 0.05) is 32.7 Å². The third kappa shape index (κ3) is 6.57. The van der Waals surface area contributed by atoms with Gasteiger partial charge in [0.05, 0.1) is 5.60 Å². The lowest BCUT2D eigenvalue weighted by Gasteiger charge is -2.60. The zero-order chi connectivity index (χ0) is 32.8. The maximum atomic E-state index is 12.2. The average Bonchev–Trinajstić information content (AvgIpc) is 3.24. The molecule has 248 valence electrons. The van der Waals surface area contributed by atoms with Crippen LogP contribution in [0.25, 0.3) is 0 Å². The molecule has 3 fully saturated rings. The first kappa shape index (κ1) is 34.4. The number of amides is 1. The predicted molar refractivity (Wildman–Crippen MR) is 162 cm³/mol. The molecule has 0 spiro atoms. The smallest absolute Gasteiger partial charge is 0.303 e. The van der Waals surface area contributed by atoms with Gasteiger partial charge in [-0.05, 0) is 101 Å². The summed E-state index contributed by atoms with van der Waals surface area (Å²) in [7, 11) is 0. The van der Waals surface area contributed by atoms with Crippen molar-refractivity contribution in [2.24, 2.45) is 28.6 Å². The van der Waals surface area contributed by atoms with Crippen LogP contribution in [0.15, 0.2) is 11.1 Å². The molecule has 3 N–H and O–H groups in total. The molecule has 1 amide bonds. The van der Waals surface area contributed by atoms with Crippen molar-refractivity contribution in [3.8, 4) is 0 Å². The van der Waals surface area contributed by atoms with Crippen molar-refractivity contribution in [2.45, 2.75) is 149 Å². The molecule has 0 heterocycles. The molecule has 0 aromatic heterocycles. The SMILES string of the molecule is CC(=O)O[C@H]1C[C@]2(C)[C@H]3CC[C@@]4(C)C(=C3C[C@@H](NC=O)[C@@H]2C[C@H]1OC(C)=O)CC[C@@H]4[C@@](C)(O)[C@@H](CCC(C)(C)O)OC(C)=O. The van der Waals surface area contributed by atoms with E-state index in [-0.39, 0.29) is 34.6 Å². The molecule has 3 saturated carbocycles. The predicted octanol–water partition coefficient (Wildman–Crippen LogP) is 4.14. The Kier molecular flexibility index (Phi) is 9.69. The Morgan fingerprint density at radius 2 is 1.66 bits per heavy atom. The Hall–Kier alpha value is -2.46. The molecule has 0 aromatic carbocycles. The highest BCUT2D eigenvalue weighted by atomic mass is 16.6. The minimum atomic E-state index is -1.33. The van der Waals surface area contributed by atoms with Crippen molar-refractivity contribution in [1.29, 1.82) is 0 Å². The van der Waals surface area contributed by atoms with Gasteiger partial charge in [-0.1, -0.05) is 25.0 Å². The van der Waals surface area contributed by atoms with Gasteiger partial charge in [-0.3, -0.25) is 19.2 Å². The summed E-state index contributed by atoms with van der Waals surface area (Å²) >= 11 is 0. The first-order chi connectivity index (χ1) is 20.3. The first-order valence-corrected chi connectivity index (χ1v) is 16.2. The number of hydrogen-bond acceptors (Lipinski definition) is 9. The third-order valence-electron chi connectivity index (χ3n) is 11.6. The second-order valence-electron chi connectivity index (χ2n) is 15.2. The van der Waals surface area contributed by atoms with Crippen molar-refractivity contribution < 1.29 is 43.6 Å². The summed E-state index contributed by atoms with van der Waals surface area (Å²) in [6.07, 6.45) is 4.39. The monoisotopic (exact) mass is 619 g/mol. The fourth-order valence-electron chi connectivity index (χ4n) is 9.82. The molecule has 10 atom stereocenters. The molecule has 10 heteroatoms. The van der Waals surface area contributed by atoms with Crippen LogP contribution in [-0.2, 0) is 33.4 Å². The fraction of sp³-hybridized carbons (Fsp3) is 0.824. The van der Waals surface area contributed by atoms with Gasteiger partial charge in [0.1, 0.15) is 23.9 Å². The van der Waals surface area contributed by atoms with E-state index in [1.807, 2.05) is 0 Å². The van der Waals surface area contributed by atoms with Crippen LogP contribution in [0.3, 0.4) is 0 Å². The summed E-state index contributed by atoms with van der Waals surface area (Å²) in [6, 6.07) is -0.185. The highest BCUT2D eigenvalue weighted by molar-refractivity contribution is 5.67. The van der Waals surface area contributed by atoms with Gasteiger partial charge in [0.2, 0.25) is 6.41 Å². The van der Waals surface area contributed by atoms with Gasteiger partial charge in [0.15, 0.2) is 0 Å². The minimum Gasteiger partial charge on any atom is -0.459 e. The summed E-state index contributed by atoms with van der Waals surface area (Å²) in [5.41, 5.74) is -0.346. The second kappa shape index (κ2) is 12.4. The van der Waals surface area contributed by atoms with E-state index < -0.39 is 47.4 Å². The lowest BCUT2D eigenvalue weighted by molar-refractivity contribution is -0.186. The number of ether oxygens (including phenoxy) is 3. The number of rotatable bonds is 10. The molecule has 0 radical (unpaired) electrons. The van der Waals surface area contributed by atoms with E-state index in [0.29, 0.717) is 32.1 Å². The Labute approximate surface area is 261 Å². The van der Waals surface area contributed by atoms with Crippen LogP contribution in [-0.4, -0.2) is 70.1 Å². The van der Waals surface area contributed by atoms with Crippen molar-refractivity contribution in [3.05, 3.63) is 11.1 Å². The molecule has 0 aliphatic heterocycles. The van der Waals surface area contributed by atoms with E-state index in [0.717, 1.165) is 32.1 Å². The summed E-state index contributed by atoms with van der Waals surface area (Å²) in [5, 5.41) is 25.7. The van der Waals surface area contributed by atoms with Gasteiger partial charge >= 0.3 is 17.9 Å². The van der Waals surface area contributed by atoms with Crippen molar-refractivity contribution >= 4 is 24.3 Å². The Morgan fingerprint density at radius 1 is 1.02 bits per heavy atom. The van der Waals surface area contributed by atoms with Gasteiger partial charge < -0.3 is 29.7 Å². The average molecular weight is 620 g/mol. The van der Waals surface area contributed by atoms with Crippen LogP contribution in [0.5, 0.6) is 0 Å². The molecular weight excluding hydrogens is 566 g/mol. The summed E-state index contributed by atoms with van der Waals surface area (Å²) in [4.78, 5) is 48.1. The number of carbonyl (C=O) groups excluding carboxylic acids is 4. The van der Waals surface area contributed by atoms with Crippen LogP contribution in [0.1, 0.15) is 113 Å². The summed E-state index contributed by atoms with van der Waals surface area (Å²) < 4.78 is 17.1. The Morgan fingerprint density at radius 3 is 2.23 bits per heavy atom. The van der Waals surface area contributed by atoms with E-state index in [2.05, 4.69) is 19.2 Å². The lowest BCUT2D eigenvalue weighted by Crippen LogP contribution is -2.61. The van der Waals surface area contributed by atoms with Crippen LogP contribution < -0.4 is 5.32 Å². The van der Waals surface area contributed by atoms with Crippen LogP contribution in [0, 0.1) is 28.6 Å². The van der Waals surface area contributed by atoms with E-state index >= 15 is 0 Å². The normalized spacial score (nSPS) is 37.0. The number of fused-ring (bicyclic) bond motifs is 4. The number of aliphatic hydroxyl groups is 2. The standard InChI is InChI=1S/C34H53NO9/c1-19(37)42-27-16-25-26(35-18-36)15-22-23-9-10-29(34(8,41)30(44-21(3)39)12-13-31(4,5)40)32(23,6)14-11-24(22)33(25,7)17-28(27)43-20(2)38/h18,24-30,40-41H,9-17H2,1-8H3,(H,35,36)/t24-,25-,26+,27+,28-,29-,30+,32-,33+,34+/m0/s1. The zero-order valence-electron chi connectivity index (χ0n) is 27.7. The quantitative estimate of drug-likeness (QED) is 0.142. The Balaban J connectivity index is 1.72. The molecular formula is C34H53NO9. The molecule has 4 aliphatic rings. The fourth-order valence-corrected chi connectivity index (χ4v) is 9.82. The number of carbonyl (C=O) groups is 4. The molecule has 0 aromatic rings. The Bertz CT molecular complexity index is 1170. The third-order valence-corrected chi connectivity index (χ3v) is 11.6. The van der Waals surface area contributed by atoms with Crippen LogP contribution >= 0.6 is 0 Å². The first-order valence-electron chi connectivity index (χ1n) is 16.2. The molecule has 4 rings (SSSR count). The van der Waals surface area contributed by atoms with E-state index in [1.165, 1.54) is 31.9 Å². The molecule has 44 heavy (non-hydrogen) atoms. The number of esters is 3. The number of allylic oxidation sites excluding steroid dienone is 1. The molecule has 0 unspecified atom stereocenters. The largest absolute Gasteiger partial charge is 0.459 e. The van der Waals surface area contributed by atoms with Crippen molar-refractivity contribution in [3.63, 3.8) is 0 Å². The lowest BCUT2D eigenvalue weighted by atomic mass is 9.47. The molecule has 0 saturated heterocycles. The van der Waals surface area contributed by atoms with Crippen LogP contribution in [0.2, 0.25) is 0 Å². The number of nitrogens with one attached hydrogen (secondary N) is 1. The maximum Gasteiger partial charge on any atom is 0.303 e. The highest BCUT2D eigenvalue weighted by Gasteiger charge is 2.62. The van der Waals surface area contributed by atoms with Crippen LogP contribution in [0.4, 0.5) is 0 Å². The summed E-state index contributed by atoms with van der Waals surface area (Å²) in [5.74, 6) is -1.30. The number of hydrogen-bond donors (Lipinski definition) is 3. The van der Waals surface area contributed by atoms with E-state index in [1.54, 1.807) is 20.8 Å². The minimum absolute atomic E-state index is 0.0121.